The second-order valence-electron chi connectivity index (χ2n) is 5.39. The molecule has 1 atom stereocenters. The average molecular weight is 257 g/mol. The van der Waals surface area contributed by atoms with Crippen LogP contribution in [0.15, 0.2) is 36.5 Å². The summed E-state index contributed by atoms with van der Waals surface area (Å²) in [6.45, 7) is 9.37. The van der Waals surface area contributed by atoms with Gasteiger partial charge < -0.3 is 5.32 Å². The minimum atomic E-state index is 0.338. The van der Waals surface area contributed by atoms with Gasteiger partial charge in [0.25, 0.3) is 0 Å². The first-order chi connectivity index (χ1) is 9.06. The van der Waals surface area contributed by atoms with E-state index in [1.54, 1.807) is 0 Å². The van der Waals surface area contributed by atoms with Crippen molar-refractivity contribution in [3.8, 4) is 0 Å². The molecule has 2 rings (SSSR count). The van der Waals surface area contributed by atoms with Crippen molar-refractivity contribution in [3.63, 3.8) is 0 Å². The van der Waals surface area contributed by atoms with Gasteiger partial charge in [-0.1, -0.05) is 29.8 Å². The number of benzene rings is 1. The van der Waals surface area contributed by atoms with Gasteiger partial charge in [0.05, 0.1) is 5.69 Å². The Labute approximate surface area is 115 Å². The van der Waals surface area contributed by atoms with E-state index in [0.717, 1.165) is 12.2 Å². The van der Waals surface area contributed by atoms with Crippen LogP contribution in [-0.2, 0) is 6.54 Å². The van der Waals surface area contributed by atoms with Crippen molar-refractivity contribution in [1.82, 2.24) is 15.1 Å². The zero-order chi connectivity index (χ0) is 13.8. The average Bonchev–Trinajstić information content (AvgIpc) is 2.86. The van der Waals surface area contributed by atoms with Crippen molar-refractivity contribution in [2.24, 2.45) is 0 Å². The fraction of sp³-hybridized carbons (Fsp3) is 0.438. The number of hydrogen-bond acceptors (Lipinski definition) is 2. The van der Waals surface area contributed by atoms with Gasteiger partial charge in [-0.2, -0.15) is 5.10 Å². The first kappa shape index (κ1) is 13.8. The Hall–Kier alpha value is -1.61. The summed E-state index contributed by atoms with van der Waals surface area (Å²) >= 11 is 0. The highest BCUT2D eigenvalue weighted by atomic mass is 15.3. The summed E-state index contributed by atoms with van der Waals surface area (Å²) in [6.07, 6.45) is 2.04. The SMILES string of the molecule is Cc1ccc(C(C)NCc2ccn(C(C)C)n2)cc1. The van der Waals surface area contributed by atoms with Crippen LogP contribution >= 0.6 is 0 Å². The summed E-state index contributed by atoms with van der Waals surface area (Å²) < 4.78 is 1.99. The minimum Gasteiger partial charge on any atom is -0.304 e. The summed E-state index contributed by atoms with van der Waals surface area (Å²) in [5.74, 6) is 0. The summed E-state index contributed by atoms with van der Waals surface area (Å²) in [4.78, 5) is 0. The number of rotatable bonds is 5. The van der Waals surface area contributed by atoms with Crippen molar-refractivity contribution in [3.05, 3.63) is 53.3 Å². The van der Waals surface area contributed by atoms with Crippen molar-refractivity contribution in [2.75, 3.05) is 0 Å². The van der Waals surface area contributed by atoms with Crippen LogP contribution in [0.3, 0.4) is 0 Å². The third kappa shape index (κ3) is 3.67. The Kier molecular flexibility index (Phi) is 4.38. The third-order valence-electron chi connectivity index (χ3n) is 3.36. The highest BCUT2D eigenvalue weighted by Gasteiger charge is 2.06. The van der Waals surface area contributed by atoms with Crippen molar-refractivity contribution in [2.45, 2.75) is 46.3 Å². The fourth-order valence-electron chi connectivity index (χ4n) is 1.99. The van der Waals surface area contributed by atoms with Crippen LogP contribution in [0.25, 0.3) is 0 Å². The molecule has 0 spiro atoms. The maximum Gasteiger partial charge on any atom is 0.0762 e. The zero-order valence-corrected chi connectivity index (χ0v) is 12.2. The molecule has 0 amide bonds. The minimum absolute atomic E-state index is 0.338. The van der Waals surface area contributed by atoms with E-state index in [-0.39, 0.29) is 0 Å². The molecular formula is C16H23N3. The summed E-state index contributed by atoms with van der Waals surface area (Å²) in [6, 6.07) is 11.5. The van der Waals surface area contributed by atoms with Crippen molar-refractivity contribution in [1.29, 1.82) is 0 Å². The molecule has 0 aliphatic rings. The van der Waals surface area contributed by atoms with Crippen LogP contribution in [0.1, 0.15) is 49.7 Å². The van der Waals surface area contributed by atoms with Gasteiger partial charge in [0.1, 0.15) is 0 Å². The van der Waals surface area contributed by atoms with E-state index in [1.165, 1.54) is 11.1 Å². The summed E-state index contributed by atoms with van der Waals surface area (Å²) in [5, 5.41) is 8.05. The Morgan fingerprint density at radius 3 is 2.37 bits per heavy atom. The van der Waals surface area contributed by atoms with Crippen molar-refractivity contribution >= 4 is 0 Å². The van der Waals surface area contributed by atoms with E-state index < -0.39 is 0 Å². The van der Waals surface area contributed by atoms with E-state index in [0.29, 0.717) is 12.1 Å². The molecule has 0 aliphatic heterocycles. The van der Waals surface area contributed by atoms with Gasteiger partial charge in [0.2, 0.25) is 0 Å². The van der Waals surface area contributed by atoms with Gasteiger partial charge in [-0.25, -0.2) is 0 Å². The Morgan fingerprint density at radius 1 is 1.11 bits per heavy atom. The second kappa shape index (κ2) is 6.02. The van der Waals surface area contributed by atoms with Crippen LogP contribution in [0.4, 0.5) is 0 Å². The number of hydrogen-bond donors (Lipinski definition) is 1. The molecule has 2 aromatic rings. The van der Waals surface area contributed by atoms with Gasteiger partial charge >= 0.3 is 0 Å². The molecule has 19 heavy (non-hydrogen) atoms. The third-order valence-corrected chi connectivity index (χ3v) is 3.36. The van der Waals surface area contributed by atoms with E-state index in [4.69, 9.17) is 0 Å². The normalized spacial score (nSPS) is 12.9. The molecule has 1 unspecified atom stereocenters. The number of nitrogens with one attached hydrogen (secondary N) is 1. The Morgan fingerprint density at radius 2 is 1.79 bits per heavy atom. The highest BCUT2D eigenvalue weighted by Crippen LogP contribution is 2.13. The second-order valence-corrected chi connectivity index (χ2v) is 5.39. The standard InChI is InChI=1S/C16H23N3/c1-12(2)19-10-9-16(18-19)11-17-14(4)15-7-5-13(3)6-8-15/h5-10,12,14,17H,11H2,1-4H3. The van der Waals surface area contributed by atoms with Gasteiger partial charge in [-0.15, -0.1) is 0 Å². The maximum absolute atomic E-state index is 4.54. The number of nitrogens with zero attached hydrogens (tertiary/aromatic N) is 2. The lowest BCUT2D eigenvalue weighted by Gasteiger charge is -2.13. The van der Waals surface area contributed by atoms with Gasteiger partial charge in [-0.3, -0.25) is 4.68 Å². The highest BCUT2D eigenvalue weighted by molar-refractivity contribution is 5.23. The molecule has 1 heterocycles. The maximum atomic E-state index is 4.54. The topological polar surface area (TPSA) is 29.9 Å². The first-order valence-electron chi connectivity index (χ1n) is 6.90. The zero-order valence-electron chi connectivity index (χ0n) is 12.2. The summed E-state index contributed by atoms with van der Waals surface area (Å²) in [7, 11) is 0. The van der Waals surface area contributed by atoms with Gasteiger partial charge in [0, 0.05) is 24.8 Å². The molecule has 3 heteroatoms. The first-order valence-corrected chi connectivity index (χ1v) is 6.90. The lowest BCUT2D eigenvalue weighted by atomic mass is 10.1. The molecule has 0 fully saturated rings. The van der Waals surface area contributed by atoms with Gasteiger partial charge in [0.15, 0.2) is 0 Å². The smallest absolute Gasteiger partial charge is 0.0762 e. The van der Waals surface area contributed by atoms with Crippen LogP contribution in [-0.4, -0.2) is 9.78 Å². The van der Waals surface area contributed by atoms with E-state index in [2.05, 4.69) is 68.4 Å². The van der Waals surface area contributed by atoms with Gasteiger partial charge in [-0.05, 0) is 39.3 Å². The molecule has 0 saturated carbocycles. The van der Waals surface area contributed by atoms with Crippen LogP contribution < -0.4 is 5.32 Å². The monoisotopic (exact) mass is 257 g/mol. The van der Waals surface area contributed by atoms with E-state index >= 15 is 0 Å². The largest absolute Gasteiger partial charge is 0.304 e. The number of aryl methyl sites for hydroxylation is 1. The molecule has 0 bridgehead atoms. The molecule has 0 radical (unpaired) electrons. The predicted molar refractivity (Wildman–Crippen MR) is 79.0 cm³/mol. The molecule has 1 N–H and O–H groups in total. The van der Waals surface area contributed by atoms with Crippen LogP contribution in [0, 0.1) is 6.92 Å². The predicted octanol–water partition coefficient (Wildman–Crippen LogP) is 3.62. The summed E-state index contributed by atoms with van der Waals surface area (Å²) in [5.41, 5.74) is 3.70. The van der Waals surface area contributed by atoms with E-state index in [1.807, 2.05) is 10.9 Å². The fourth-order valence-corrected chi connectivity index (χ4v) is 1.99. The Balaban J connectivity index is 1.92. The molecule has 102 valence electrons. The molecule has 1 aromatic heterocycles. The van der Waals surface area contributed by atoms with Crippen molar-refractivity contribution < 1.29 is 0 Å². The number of aromatic nitrogens is 2. The lowest BCUT2D eigenvalue weighted by Crippen LogP contribution is -2.18. The quantitative estimate of drug-likeness (QED) is 0.886. The molecule has 0 aliphatic carbocycles. The molecule has 3 nitrogen and oxygen atoms in total. The Bertz CT molecular complexity index is 511. The van der Waals surface area contributed by atoms with E-state index in [9.17, 15) is 0 Å². The van der Waals surface area contributed by atoms with Crippen LogP contribution in [0.2, 0.25) is 0 Å². The lowest BCUT2D eigenvalue weighted by molar-refractivity contribution is 0.512. The molecule has 0 saturated heterocycles. The molecular weight excluding hydrogens is 234 g/mol. The van der Waals surface area contributed by atoms with Crippen LogP contribution in [0.5, 0.6) is 0 Å². The molecule has 1 aromatic carbocycles.